The Morgan fingerprint density at radius 3 is 1.20 bits per heavy atom. The predicted molar refractivity (Wildman–Crippen MR) is 9.71 cm³/mol. The van der Waals surface area contributed by atoms with E-state index in [0.717, 1.165) is 0 Å². The summed E-state index contributed by atoms with van der Waals surface area (Å²) in [5.74, 6) is 0. The Kier molecular flexibility index (Phi) is 151. The molecule has 0 aliphatic rings. The van der Waals surface area contributed by atoms with Gasteiger partial charge >= 0.3 is 26.6 Å². The van der Waals surface area contributed by atoms with E-state index in [-0.39, 0.29) is 51.8 Å². The van der Waals surface area contributed by atoms with Crippen molar-refractivity contribution in [1.82, 2.24) is 0 Å². The van der Waals surface area contributed by atoms with Crippen molar-refractivity contribution in [2.75, 3.05) is 0 Å². The zero-order valence-corrected chi connectivity index (χ0v) is 8.67. The standard InChI is InChI=1S/Co.Mo.Ni.H2P.V/h;;;1H2;/q;+1;;-1;. The van der Waals surface area contributed by atoms with Gasteiger partial charge in [0.1, 0.15) is 0 Å². The van der Waals surface area contributed by atoms with Crippen LogP contribution >= 0.6 is 7.33 Å². The molecule has 0 amide bonds. The van der Waals surface area contributed by atoms with Gasteiger partial charge in [-0.05, 0) is 0 Å². The van der Waals surface area contributed by atoms with Crippen LogP contribution in [0, 0.1) is 0 Å². The van der Waals surface area contributed by atoms with Crippen molar-refractivity contribution in [2.24, 2.45) is 0 Å². The van der Waals surface area contributed by atoms with Crippen LogP contribution in [0.25, 0.3) is 0 Å². The van der Waals surface area contributed by atoms with E-state index in [2.05, 4.69) is 7.33 Å². The molecule has 0 saturated carbocycles. The Morgan fingerprint density at radius 2 is 1.20 bits per heavy atom. The van der Waals surface area contributed by atoms with Gasteiger partial charge in [-0.15, -0.1) is 0 Å². The number of rotatable bonds is 0. The Hall–Kier alpha value is 2.70. The third-order valence-corrected chi connectivity index (χ3v) is 0. The smallest absolute Gasteiger partial charge is 0 e. The summed E-state index contributed by atoms with van der Waals surface area (Å²) in [4.78, 5) is 0. The zero-order chi connectivity index (χ0) is 2.00. The van der Waals surface area contributed by atoms with Crippen molar-refractivity contribution in [3.63, 3.8) is 0 Å². The predicted octanol–water partition coefficient (Wildman–Crippen LogP) is 0.316. The van der Waals surface area contributed by atoms with Gasteiger partial charge in [0.25, 0.3) is 0 Å². The van der Waals surface area contributed by atoms with Crippen molar-refractivity contribution in [1.29, 1.82) is 0 Å². The van der Waals surface area contributed by atoms with Crippen LogP contribution in [0.4, 0.5) is 0 Å². The van der Waals surface area contributed by atoms with Crippen molar-refractivity contribution in [3.8, 4) is 0 Å². The summed E-state index contributed by atoms with van der Waals surface area (Å²) in [7, 11) is 2.43. The van der Waals surface area contributed by atoms with Gasteiger partial charge in [-0.25, -0.2) is 0 Å². The van der Waals surface area contributed by atoms with Crippen molar-refractivity contribution in [3.05, 3.63) is 0 Å². The SMILES string of the molecule is [Co].[Ni].[PH2][Mo].[V]. The average molecular weight is 298 g/mol. The van der Waals surface area contributed by atoms with Crippen LogP contribution in [0.15, 0.2) is 0 Å². The summed E-state index contributed by atoms with van der Waals surface area (Å²) < 4.78 is 0. The monoisotopic (exact) mass is 299 g/mol. The normalized spacial score (nSPS) is 1.00. The molecule has 0 heterocycles. The summed E-state index contributed by atoms with van der Waals surface area (Å²) in [5.41, 5.74) is 0. The number of hydrogen-bond acceptors (Lipinski definition) is 0. The van der Waals surface area contributed by atoms with Gasteiger partial charge in [0.15, 0.2) is 0 Å². The van der Waals surface area contributed by atoms with E-state index >= 15 is 0 Å². The molecule has 1 atom stereocenters. The molecule has 0 spiro atoms. The van der Waals surface area contributed by atoms with Crippen LogP contribution in [-0.4, -0.2) is 0 Å². The maximum absolute atomic E-state index is 2.43. The first-order valence-corrected chi connectivity index (χ1v) is 4.18. The van der Waals surface area contributed by atoms with Gasteiger partial charge in [-0.3, -0.25) is 0 Å². The fraction of sp³-hybridized carbons (Fsp3) is 0. The van der Waals surface area contributed by atoms with Crippen molar-refractivity contribution in [2.45, 2.75) is 0 Å². The van der Waals surface area contributed by atoms with Gasteiger partial charge in [-0.1, -0.05) is 0 Å². The molecule has 0 rings (SSSR count). The second-order valence-electron chi connectivity index (χ2n) is 0. The van der Waals surface area contributed by atoms with Gasteiger partial charge in [0.2, 0.25) is 0 Å². The molecular weight excluding hydrogens is 295 g/mol. The average Bonchev–Trinajstić information content (AvgIpc) is 1.00. The van der Waals surface area contributed by atoms with Gasteiger partial charge < -0.3 is 0 Å². The van der Waals surface area contributed by atoms with Crippen LogP contribution in [-0.2, 0) is 71.1 Å². The molecule has 0 N–H and O–H groups in total. The van der Waals surface area contributed by atoms with Crippen LogP contribution in [0.3, 0.4) is 0 Å². The van der Waals surface area contributed by atoms with E-state index in [1.807, 2.05) is 19.3 Å². The first kappa shape index (κ1) is 25.2. The van der Waals surface area contributed by atoms with Crippen LogP contribution in [0.1, 0.15) is 0 Å². The fourth-order valence-corrected chi connectivity index (χ4v) is 0. The first-order valence-electron chi connectivity index (χ1n) is 0.236. The molecule has 37 valence electrons. The number of hydrogen-bond donors (Lipinski definition) is 0. The maximum Gasteiger partial charge on any atom is 0 e. The molecule has 0 aromatic carbocycles. The van der Waals surface area contributed by atoms with Crippen molar-refractivity contribution < 1.29 is 71.1 Å². The van der Waals surface area contributed by atoms with E-state index in [1.165, 1.54) is 0 Å². The molecule has 5 heteroatoms. The van der Waals surface area contributed by atoms with E-state index in [4.69, 9.17) is 0 Å². The van der Waals surface area contributed by atoms with E-state index in [9.17, 15) is 0 Å². The third kappa shape index (κ3) is 20.3. The van der Waals surface area contributed by atoms with E-state index in [1.54, 1.807) is 0 Å². The third-order valence-electron chi connectivity index (χ3n) is 0. The summed E-state index contributed by atoms with van der Waals surface area (Å²) in [6, 6.07) is 0. The summed E-state index contributed by atoms with van der Waals surface area (Å²) in [6.45, 7) is 0. The molecule has 0 nitrogen and oxygen atoms in total. The Bertz CT molecular complexity index is 11.6. The molecule has 0 aromatic heterocycles. The zero-order valence-electron chi connectivity index (χ0n) is 2.08. The molecule has 0 aliphatic heterocycles. The largest absolute Gasteiger partial charge is 0 e. The first-order chi connectivity index (χ1) is 1.00. The maximum atomic E-state index is 2.43. The van der Waals surface area contributed by atoms with Gasteiger partial charge in [-0.2, -0.15) is 0 Å². The van der Waals surface area contributed by atoms with Crippen LogP contribution in [0.5, 0.6) is 0 Å². The van der Waals surface area contributed by atoms with E-state index < -0.39 is 0 Å². The quantitative estimate of drug-likeness (QED) is 0.446. The second-order valence-corrected chi connectivity index (χ2v) is 0. The topological polar surface area (TPSA) is 0 Å². The van der Waals surface area contributed by atoms with Crippen molar-refractivity contribution >= 4 is 7.33 Å². The summed E-state index contributed by atoms with van der Waals surface area (Å²) in [6.07, 6.45) is 0. The molecule has 1 unspecified atom stereocenters. The van der Waals surface area contributed by atoms with Crippen LogP contribution < -0.4 is 0 Å². The van der Waals surface area contributed by atoms with E-state index in [0.29, 0.717) is 0 Å². The van der Waals surface area contributed by atoms with Crippen LogP contribution in [0.2, 0.25) is 0 Å². The minimum absolute atomic E-state index is 0. The molecule has 0 aliphatic carbocycles. The molecule has 0 bridgehead atoms. The second kappa shape index (κ2) is 29.8. The Morgan fingerprint density at radius 1 is 1.20 bits per heavy atom. The fourth-order valence-electron chi connectivity index (χ4n) is 0. The van der Waals surface area contributed by atoms with Gasteiger partial charge in [0, 0.05) is 51.8 Å². The molecular formula is H2CoMoNiPV. The molecule has 0 saturated heterocycles. The molecule has 2 radical (unpaired) electrons. The summed E-state index contributed by atoms with van der Waals surface area (Å²) >= 11 is 1.87. The minimum Gasteiger partial charge on any atom is 0 e. The summed E-state index contributed by atoms with van der Waals surface area (Å²) in [5, 5.41) is 0. The molecule has 5 heavy (non-hydrogen) atoms. The Labute approximate surface area is 77.6 Å². The molecule has 0 fully saturated rings. The Balaban J connectivity index is -0.00000000167. The van der Waals surface area contributed by atoms with Gasteiger partial charge in [0.05, 0.1) is 0 Å². The minimum atomic E-state index is 0. The molecule has 0 aromatic rings.